The molecule has 0 N–H and O–H groups in total. The molecule has 0 saturated heterocycles. The van der Waals surface area contributed by atoms with E-state index >= 15 is 0 Å². The Balaban J connectivity index is 2.58. The molecular weight excluding hydrogens is 344 g/mol. The average molecular weight is 362 g/mol. The Morgan fingerprint density at radius 2 is 2.00 bits per heavy atom. The van der Waals surface area contributed by atoms with Crippen LogP contribution in [0.25, 0.3) is 0 Å². The topological polar surface area (TPSA) is 89.8 Å². The number of ether oxygens (including phenoxy) is 1. The van der Waals surface area contributed by atoms with E-state index in [9.17, 15) is 18.5 Å². The summed E-state index contributed by atoms with van der Waals surface area (Å²) in [5.41, 5.74) is 0.522. The summed E-state index contributed by atoms with van der Waals surface area (Å²) in [4.78, 5) is 10.4. The summed E-state index contributed by atoms with van der Waals surface area (Å²) in [5.74, 6) is 0.497. The van der Waals surface area contributed by atoms with Crippen LogP contribution in [-0.2, 0) is 10.0 Å². The van der Waals surface area contributed by atoms with Crippen molar-refractivity contribution in [3.05, 3.63) is 70.8 Å². The Labute approximate surface area is 146 Å². The smallest absolute Gasteiger partial charge is 0.273 e. The fourth-order valence-corrected chi connectivity index (χ4v) is 3.75. The fourth-order valence-electron chi connectivity index (χ4n) is 2.30. The van der Waals surface area contributed by atoms with E-state index in [4.69, 9.17) is 4.74 Å². The molecule has 0 saturated carbocycles. The van der Waals surface area contributed by atoms with Gasteiger partial charge < -0.3 is 4.74 Å². The monoisotopic (exact) mass is 362 g/mol. The summed E-state index contributed by atoms with van der Waals surface area (Å²) in [7, 11) is -2.53. The second-order valence-corrected chi connectivity index (χ2v) is 7.09. The lowest BCUT2D eigenvalue weighted by Gasteiger charge is -2.23. The molecule has 132 valence electrons. The molecule has 0 radical (unpaired) electrons. The predicted molar refractivity (Wildman–Crippen MR) is 95.6 cm³/mol. The average Bonchev–Trinajstić information content (AvgIpc) is 2.59. The van der Waals surface area contributed by atoms with Gasteiger partial charge in [-0.25, -0.2) is 8.42 Å². The molecule has 0 aliphatic carbocycles. The van der Waals surface area contributed by atoms with Gasteiger partial charge in [0, 0.05) is 17.7 Å². The van der Waals surface area contributed by atoms with E-state index in [1.54, 1.807) is 31.2 Å². The third-order valence-corrected chi connectivity index (χ3v) is 5.39. The number of hydrogen-bond donors (Lipinski definition) is 0. The zero-order valence-electron chi connectivity index (χ0n) is 13.9. The Morgan fingerprint density at radius 3 is 2.60 bits per heavy atom. The molecule has 0 spiro atoms. The number of rotatable bonds is 7. The lowest BCUT2D eigenvalue weighted by Crippen LogP contribution is -2.31. The number of aryl methyl sites for hydroxylation is 1. The molecule has 2 aromatic carbocycles. The van der Waals surface area contributed by atoms with Crippen molar-refractivity contribution in [3.8, 4) is 5.75 Å². The quantitative estimate of drug-likeness (QED) is 0.428. The number of nitro benzene ring substituents is 1. The van der Waals surface area contributed by atoms with Crippen LogP contribution in [0.5, 0.6) is 5.75 Å². The summed E-state index contributed by atoms with van der Waals surface area (Å²) in [6, 6.07) is 10.4. The Morgan fingerprint density at radius 1 is 1.28 bits per heavy atom. The van der Waals surface area contributed by atoms with Crippen molar-refractivity contribution in [2.75, 3.05) is 18.0 Å². The first kappa shape index (κ1) is 18.5. The second-order valence-electron chi connectivity index (χ2n) is 5.23. The summed E-state index contributed by atoms with van der Waals surface area (Å²) in [6.45, 7) is 5.15. The third-order valence-electron chi connectivity index (χ3n) is 3.60. The third kappa shape index (κ3) is 3.80. The van der Waals surface area contributed by atoms with Crippen LogP contribution >= 0.6 is 0 Å². The summed E-state index contributed by atoms with van der Waals surface area (Å²) < 4.78 is 32.3. The van der Waals surface area contributed by atoms with Gasteiger partial charge in [0.15, 0.2) is 0 Å². The van der Waals surface area contributed by atoms with Crippen molar-refractivity contribution in [1.29, 1.82) is 0 Å². The van der Waals surface area contributed by atoms with E-state index in [-0.39, 0.29) is 17.1 Å². The molecule has 0 atom stereocenters. The zero-order valence-corrected chi connectivity index (χ0v) is 14.7. The minimum atomic E-state index is -4.01. The highest BCUT2D eigenvalue weighted by molar-refractivity contribution is 7.92. The lowest BCUT2D eigenvalue weighted by atomic mass is 10.2. The van der Waals surface area contributed by atoms with E-state index in [2.05, 4.69) is 6.58 Å². The highest BCUT2D eigenvalue weighted by atomic mass is 32.2. The van der Waals surface area contributed by atoms with Crippen LogP contribution in [0.4, 0.5) is 11.4 Å². The highest BCUT2D eigenvalue weighted by Gasteiger charge is 2.27. The number of sulfonamides is 1. The minimum absolute atomic E-state index is 0.0111. The van der Waals surface area contributed by atoms with Crippen LogP contribution in [0.2, 0.25) is 0 Å². The number of anilines is 1. The molecule has 0 unspecified atom stereocenters. The molecule has 0 aliphatic rings. The normalized spacial score (nSPS) is 11.0. The van der Waals surface area contributed by atoms with Crippen LogP contribution in [0.1, 0.15) is 5.56 Å². The van der Waals surface area contributed by atoms with E-state index in [1.165, 1.54) is 25.3 Å². The van der Waals surface area contributed by atoms with Crippen molar-refractivity contribution in [3.63, 3.8) is 0 Å². The molecule has 2 rings (SSSR count). The molecule has 7 nitrogen and oxygen atoms in total. The SMILES string of the molecule is C=CCN(c1cccc(OC)c1)S(=O)(=O)c1ccc(C)c([N+](=O)[O-])c1. The molecule has 25 heavy (non-hydrogen) atoms. The summed E-state index contributed by atoms with van der Waals surface area (Å²) in [5, 5.41) is 11.1. The van der Waals surface area contributed by atoms with Gasteiger partial charge in [-0.1, -0.05) is 18.2 Å². The summed E-state index contributed by atoms with van der Waals surface area (Å²) in [6.07, 6.45) is 1.44. The number of nitro groups is 1. The largest absolute Gasteiger partial charge is 0.497 e. The lowest BCUT2D eigenvalue weighted by molar-refractivity contribution is -0.385. The van der Waals surface area contributed by atoms with E-state index < -0.39 is 14.9 Å². The maximum Gasteiger partial charge on any atom is 0.273 e. The number of hydrogen-bond acceptors (Lipinski definition) is 5. The Kier molecular flexibility index (Phi) is 5.43. The van der Waals surface area contributed by atoms with Crippen LogP contribution in [-0.4, -0.2) is 27.0 Å². The molecule has 2 aromatic rings. The molecule has 0 amide bonds. The van der Waals surface area contributed by atoms with Crippen LogP contribution in [0, 0.1) is 17.0 Å². The van der Waals surface area contributed by atoms with Gasteiger partial charge in [-0.15, -0.1) is 6.58 Å². The maximum absolute atomic E-state index is 13.0. The zero-order chi connectivity index (χ0) is 18.6. The summed E-state index contributed by atoms with van der Waals surface area (Å²) >= 11 is 0. The molecule has 8 heteroatoms. The number of methoxy groups -OCH3 is 1. The minimum Gasteiger partial charge on any atom is -0.497 e. The molecule has 0 heterocycles. The van der Waals surface area contributed by atoms with Crippen molar-refractivity contribution in [1.82, 2.24) is 0 Å². The number of nitrogens with zero attached hydrogens (tertiary/aromatic N) is 2. The van der Waals surface area contributed by atoms with Gasteiger partial charge in [0.2, 0.25) is 0 Å². The maximum atomic E-state index is 13.0. The standard InChI is InChI=1S/C17H18N2O5S/c1-4-10-18(14-6-5-7-15(11-14)24-3)25(22,23)16-9-8-13(2)17(12-16)19(20)21/h4-9,11-12H,1,10H2,2-3H3. The molecular formula is C17H18N2O5S. The second kappa shape index (κ2) is 7.35. The fraction of sp³-hybridized carbons (Fsp3) is 0.176. The van der Waals surface area contributed by atoms with Gasteiger partial charge in [0.1, 0.15) is 5.75 Å². The Bertz CT molecular complexity index is 909. The number of benzene rings is 2. The molecule has 0 aromatic heterocycles. The van der Waals surface area contributed by atoms with Gasteiger partial charge in [0.25, 0.3) is 15.7 Å². The van der Waals surface area contributed by atoms with Crippen LogP contribution in [0.3, 0.4) is 0 Å². The van der Waals surface area contributed by atoms with Gasteiger partial charge in [-0.05, 0) is 25.1 Å². The van der Waals surface area contributed by atoms with Crippen molar-refractivity contribution in [2.45, 2.75) is 11.8 Å². The van der Waals surface area contributed by atoms with Crippen molar-refractivity contribution in [2.24, 2.45) is 0 Å². The van der Waals surface area contributed by atoms with Crippen molar-refractivity contribution < 1.29 is 18.1 Å². The Hall–Kier alpha value is -2.87. The highest BCUT2D eigenvalue weighted by Crippen LogP contribution is 2.29. The van der Waals surface area contributed by atoms with Gasteiger partial charge in [-0.3, -0.25) is 14.4 Å². The van der Waals surface area contributed by atoms with Crippen LogP contribution < -0.4 is 9.04 Å². The van der Waals surface area contributed by atoms with Gasteiger partial charge in [-0.2, -0.15) is 0 Å². The van der Waals surface area contributed by atoms with E-state index in [0.29, 0.717) is 17.0 Å². The first-order chi connectivity index (χ1) is 11.8. The molecule has 0 aliphatic heterocycles. The molecule has 0 fully saturated rings. The van der Waals surface area contributed by atoms with Gasteiger partial charge >= 0.3 is 0 Å². The van der Waals surface area contributed by atoms with Crippen molar-refractivity contribution >= 4 is 21.4 Å². The first-order valence-corrected chi connectivity index (χ1v) is 8.78. The molecule has 0 bridgehead atoms. The predicted octanol–water partition coefficient (Wildman–Crippen LogP) is 3.29. The van der Waals surface area contributed by atoms with E-state index in [1.807, 2.05) is 0 Å². The van der Waals surface area contributed by atoms with Gasteiger partial charge in [0.05, 0.1) is 29.2 Å². The van der Waals surface area contributed by atoms with Crippen LogP contribution in [0.15, 0.2) is 60.0 Å². The first-order valence-electron chi connectivity index (χ1n) is 7.34. The van der Waals surface area contributed by atoms with E-state index in [0.717, 1.165) is 10.4 Å².